The second kappa shape index (κ2) is 12.2. The summed E-state index contributed by atoms with van der Waals surface area (Å²) in [6.45, 7) is 14.6. The van der Waals surface area contributed by atoms with E-state index in [4.69, 9.17) is 4.74 Å². The van der Waals surface area contributed by atoms with Crippen LogP contribution in [-0.2, 0) is 0 Å². The maximum atomic E-state index is 13.0. The highest BCUT2D eigenvalue weighted by Crippen LogP contribution is 2.43. The highest BCUT2D eigenvalue weighted by Gasteiger charge is 2.43. The molecule has 6 nitrogen and oxygen atoms in total. The molecule has 0 saturated carbocycles. The van der Waals surface area contributed by atoms with Crippen molar-refractivity contribution < 1.29 is 14.6 Å². The van der Waals surface area contributed by atoms with Crippen molar-refractivity contribution in [2.75, 3.05) is 26.7 Å². The van der Waals surface area contributed by atoms with Crippen molar-refractivity contribution in [1.29, 1.82) is 0 Å². The molecule has 2 aliphatic rings. The SMILES string of the molecule is CCN(C)C[C@H](O)COc1ccc(C(C)N2C3CCC2CC(NC(=O)c2cc(C)cc(C)c2)C3)c(C)c1C. The Labute approximate surface area is 229 Å². The number of fused-ring (bicyclic) bond motifs is 2. The summed E-state index contributed by atoms with van der Waals surface area (Å²) < 4.78 is 6.03. The number of aryl methyl sites for hydroxylation is 2. The average Bonchev–Trinajstić information content (AvgIpc) is 3.13. The lowest BCUT2D eigenvalue weighted by molar-refractivity contribution is 0.0687. The van der Waals surface area contributed by atoms with Gasteiger partial charge in [-0.15, -0.1) is 0 Å². The lowest BCUT2D eigenvalue weighted by Crippen LogP contribution is -2.51. The molecule has 3 unspecified atom stereocenters. The number of rotatable bonds is 10. The van der Waals surface area contributed by atoms with E-state index in [2.05, 4.69) is 61.0 Å². The molecule has 1 amide bonds. The number of piperidine rings is 1. The van der Waals surface area contributed by atoms with Crippen LogP contribution in [0.1, 0.15) is 83.7 Å². The summed E-state index contributed by atoms with van der Waals surface area (Å²) in [6.07, 6.45) is 3.87. The van der Waals surface area contributed by atoms with Gasteiger partial charge >= 0.3 is 0 Å². The fourth-order valence-corrected chi connectivity index (χ4v) is 6.65. The molecule has 6 heteroatoms. The molecule has 2 aromatic rings. The van der Waals surface area contributed by atoms with Gasteiger partial charge in [0.05, 0.1) is 0 Å². The molecule has 4 atom stereocenters. The average molecular weight is 522 g/mol. The van der Waals surface area contributed by atoms with Gasteiger partial charge in [0.2, 0.25) is 0 Å². The van der Waals surface area contributed by atoms with Crippen molar-refractivity contribution in [1.82, 2.24) is 15.1 Å². The fourth-order valence-electron chi connectivity index (χ4n) is 6.65. The Morgan fingerprint density at radius 3 is 2.32 bits per heavy atom. The van der Waals surface area contributed by atoms with Gasteiger partial charge in [0.1, 0.15) is 18.5 Å². The zero-order valence-electron chi connectivity index (χ0n) is 24.4. The fraction of sp³-hybridized carbons (Fsp3) is 0.594. The number of nitrogens with one attached hydrogen (secondary N) is 1. The van der Waals surface area contributed by atoms with Crippen molar-refractivity contribution in [2.24, 2.45) is 0 Å². The lowest BCUT2D eigenvalue weighted by atomic mass is 9.91. The molecule has 208 valence electrons. The van der Waals surface area contributed by atoms with E-state index >= 15 is 0 Å². The molecule has 2 N–H and O–H groups in total. The normalized spacial score (nSPS) is 22.9. The van der Waals surface area contributed by atoms with Crippen molar-refractivity contribution >= 4 is 5.91 Å². The molecule has 4 rings (SSSR count). The van der Waals surface area contributed by atoms with Crippen LogP contribution in [0.3, 0.4) is 0 Å². The Kier molecular flexibility index (Phi) is 9.17. The first-order valence-corrected chi connectivity index (χ1v) is 14.3. The Morgan fingerprint density at radius 1 is 1.08 bits per heavy atom. The van der Waals surface area contributed by atoms with Crippen molar-refractivity contribution in [3.8, 4) is 5.75 Å². The van der Waals surface area contributed by atoms with E-state index in [1.165, 1.54) is 24.0 Å². The van der Waals surface area contributed by atoms with Gasteiger partial charge in [0.15, 0.2) is 0 Å². The van der Waals surface area contributed by atoms with Gasteiger partial charge in [0.25, 0.3) is 5.91 Å². The Balaban J connectivity index is 1.39. The Morgan fingerprint density at radius 2 is 1.71 bits per heavy atom. The minimum Gasteiger partial charge on any atom is -0.491 e. The highest BCUT2D eigenvalue weighted by atomic mass is 16.5. The minimum atomic E-state index is -0.509. The van der Waals surface area contributed by atoms with E-state index in [9.17, 15) is 9.90 Å². The van der Waals surface area contributed by atoms with E-state index in [0.29, 0.717) is 31.3 Å². The Bertz CT molecular complexity index is 1100. The molecule has 2 aromatic carbocycles. The van der Waals surface area contributed by atoms with Gasteiger partial charge in [0, 0.05) is 36.3 Å². The number of ether oxygens (including phenoxy) is 1. The smallest absolute Gasteiger partial charge is 0.251 e. The molecule has 0 aromatic heterocycles. The number of hydrogen-bond donors (Lipinski definition) is 2. The third-order valence-corrected chi connectivity index (χ3v) is 8.78. The third kappa shape index (κ3) is 6.41. The molecule has 2 bridgehead atoms. The van der Waals surface area contributed by atoms with Crippen LogP contribution in [0.4, 0.5) is 0 Å². The molecule has 2 fully saturated rings. The molecule has 2 saturated heterocycles. The number of nitrogens with zero attached hydrogens (tertiary/aromatic N) is 2. The summed E-state index contributed by atoms with van der Waals surface area (Å²) in [4.78, 5) is 17.8. The lowest BCUT2D eigenvalue weighted by Gasteiger charge is -2.43. The predicted molar refractivity (Wildman–Crippen MR) is 154 cm³/mol. The molecular weight excluding hydrogens is 474 g/mol. The van der Waals surface area contributed by atoms with Crippen LogP contribution in [0.25, 0.3) is 0 Å². The van der Waals surface area contributed by atoms with Crippen LogP contribution in [0.2, 0.25) is 0 Å². The summed E-state index contributed by atoms with van der Waals surface area (Å²) in [5.41, 5.74) is 6.77. The number of amides is 1. The molecule has 2 heterocycles. The zero-order valence-corrected chi connectivity index (χ0v) is 24.4. The number of carbonyl (C=O) groups is 1. The first-order chi connectivity index (χ1) is 18.1. The molecular formula is C32H47N3O3. The number of carbonyl (C=O) groups excluding carboxylic acids is 1. The van der Waals surface area contributed by atoms with Gasteiger partial charge in [-0.25, -0.2) is 0 Å². The quantitative estimate of drug-likeness (QED) is 0.456. The minimum absolute atomic E-state index is 0.0520. The molecule has 0 radical (unpaired) electrons. The zero-order chi connectivity index (χ0) is 27.6. The van der Waals surface area contributed by atoms with Crippen LogP contribution >= 0.6 is 0 Å². The summed E-state index contributed by atoms with van der Waals surface area (Å²) >= 11 is 0. The van der Waals surface area contributed by atoms with E-state index in [1.807, 2.05) is 33.0 Å². The maximum Gasteiger partial charge on any atom is 0.251 e. The first kappa shape index (κ1) is 28.6. The van der Waals surface area contributed by atoms with Gasteiger partial charge in [-0.05, 0) is 109 Å². The monoisotopic (exact) mass is 521 g/mol. The van der Waals surface area contributed by atoms with E-state index in [0.717, 1.165) is 47.4 Å². The predicted octanol–water partition coefficient (Wildman–Crippen LogP) is 5.10. The molecule has 0 spiro atoms. The third-order valence-electron chi connectivity index (χ3n) is 8.78. The highest BCUT2D eigenvalue weighted by molar-refractivity contribution is 5.94. The van der Waals surface area contributed by atoms with Gasteiger partial charge in [-0.3, -0.25) is 9.69 Å². The van der Waals surface area contributed by atoms with Gasteiger partial charge < -0.3 is 20.1 Å². The van der Waals surface area contributed by atoms with Crippen molar-refractivity contribution in [2.45, 2.75) is 97.5 Å². The van der Waals surface area contributed by atoms with Crippen LogP contribution in [0.15, 0.2) is 30.3 Å². The summed E-state index contributed by atoms with van der Waals surface area (Å²) in [6, 6.07) is 11.8. The van der Waals surface area contributed by atoms with Crippen molar-refractivity contribution in [3.05, 3.63) is 63.7 Å². The van der Waals surface area contributed by atoms with E-state index < -0.39 is 6.10 Å². The van der Waals surface area contributed by atoms with Crippen LogP contribution in [0, 0.1) is 27.7 Å². The number of aliphatic hydroxyl groups is 1. The number of benzene rings is 2. The molecule has 2 aliphatic heterocycles. The second-order valence-corrected chi connectivity index (χ2v) is 11.7. The first-order valence-electron chi connectivity index (χ1n) is 14.3. The maximum absolute atomic E-state index is 13.0. The molecule has 38 heavy (non-hydrogen) atoms. The number of hydrogen-bond acceptors (Lipinski definition) is 5. The number of aliphatic hydroxyl groups excluding tert-OH is 1. The van der Waals surface area contributed by atoms with E-state index in [-0.39, 0.29) is 11.9 Å². The van der Waals surface area contributed by atoms with Crippen molar-refractivity contribution in [3.63, 3.8) is 0 Å². The van der Waals surface area contributed by atoms with Gasteiger partial charge in [-0.2, -0.15) is 0 Å². The second-order valence-electron chi connectivity index (χ2n) is 11.7. The summed E-state index contributed by atoms with van der Waals surface area (Å²) in [5, 5.41) is 13.7. The van der Waals surface area contributed by atoms with Gasteiger partial charge in [-0.1, -0.05) is 30.2 Å². The van der Waals surface area contributed by atoms with Crippen LogP contribution in [-0.4, -0.2) is 71.8 Å². The van der Waals surface area contributed by atoms with Crippen LogP contribution in [0.5, 0.6) is 5.75 Å². The largest absolute Gasteiger partial charge is 0.491 e. The van der Waals surface area contributed by atoms with Crippen LogP contribution < -0.4 is 10.1 Å². The Hall–Kier alpha value is -2.41. The standard InChI is InChI=1S/C32H47N3O3/c1-8-34(7)18-29(36)19-38-31-12-11-30(22(4)23(31)5)24(6)35-27-9-10-28(35)17-26(16-27)33-32(37)25-14-20(2)13-21(3)15-25/h11-15,24,26-29,36H,8-10,16-19H2,1-7H3,(H,33,37)/t24?,26?,27?,28?,29-/m0/s1. The van der Waals surface area contributed by atoms with E-state index in [1.54, 1.807) is 0 Å². The topological polar surface area (TPSA) is 65.0 Å². The number of likely N-dealkylation sites (N-methyl/N-ethyl adjacent to an activating group) is 1. The summed E-state index contributed by atoms with van der Waals surface area (Å²) in [5.74, 6) is 0.906. The molecule has 0 aliphatic carbocycles. The summed E-state index contributed by atoms with van der Waals surface area (Å²) in [7, 11) is 2.00.